The zero-order valence-electron chi connectivity index (χ0n) is 6.67. The van der Waals surface area contributed by atoms with Gasteiger partial charge in [0.25, 0.3) is 0 Å². The molecule has 0 aromatic carbocycles. The smallest absolute Gasteiger partial charge is 0.146 e. The van der Waals surface area contributed by atoms with Gasteiger partial charge in [-0.25, -0.2) is 4.98 Å². The van der Waals surface area contributed by atoms with E-state index in [0.29, 0.717) is 5.15 Å². The second-order valence-electron chi connectivity index (χ2n) is 2.59. The third-order valence-electron chi connectivity index (χ3n) is 1.79. The van der Waals surface area contributed by atoms with Gasteiger partial charge in [0.2, 0.25) is 0 Å². The van der Waals surface area contributed by atoms with E-state index < -0.39 is 0 Å². The number of thiophene rings is 1. The molecule has 0 aliphatic carbocycles. The molecular weight excluding hydrogens is 190 g/mol. The van der Waals surface area contributed by atoms with Crippen LogP contribution in [0.1, 0.15) is 11.8 Å². The maximum atomic E-state index is 5.93. The summed E-state index contributed by atoms with van der Waals surface area (Å²) >= 11 is 7.66. The van der Waals surface area contributed by atoms with Crippen molar-refractivity contribution in [2.45, 2.75) is 13.3 Å². The maximum Gasteiger partial charge on any atom is 0.146 e. The third kappa shape index (κ3) is 1.21. The zero-order valence-corrected chi connectivity index (χ0v) is 8.25. The largest absolute Gasteiger partial charge is 0.243 e. The van der Waals surface area contributed by atoms with Crippen LogP contribution in [0, 0.1) is 0 Å². The van der Waals surface area contributed by atoms with E-state index in [1.807, 2.05) is 6.07 Å². The fourth-order valence-electron chi connectivity index (χ4n) is 1.16. The first-order chi connectivity index (χ1) is 5.81. The molecule has 3 heteroatoms. The number of hydrogen-bond acceptors (Lipinski definition) is 2. The van der Waals surface area contributed by atoms with Crippen molar-refractivity contribution in [1.29, 1.82) is 0 Å². The number of aromatic nitrogens is 1. The lowest BCUT2D eigenvalue weighted by Gasteiger charge is -1.88. The molecule has 1 nitrogen and oxygen atoms in total. The third-order valence-corrected chi connectivity index (χ3v) is 3.49. The Hall–Kier alpha value is -0.600. The zero-order chi connectivity index (χ0) is 8.55. The average molecular weight is 198 g/mol. The summed E-state index contributed by atoms with van der Waals surface area (Å²) in [6, 6.07) is 4.17. The molecule has 2 rings (SSSR count). The van der Waals surface area contributed by atoms with Crippen molar-refractivity contribution >= 4 is 33.0 Å². The second-order valence-corrected chi connectivity index (χ2v) is 4.08. The van der Waals surface area contributed by atoms with Gasteiger partial charge in [-0.1, -0.05) is 18.5 Å². The van der Waals surface area contributed by atoms with Crippen LogP contribution in [-0.4, -0.2) is 4.98 Å². The molecule has 0 atom stereocenters. The average Bonchev–Trinajstić information content (AvgIpc) is 2.49. The highest BCUT2D eigenvalue weighted by Crippen LogP contribution is 2.30. The topological polar surface area (TPSA) is 12.9 Å². The number of nitrogens with zero attached hydrogens (tertiary/aromatic N) is 1. The van der Waals surface area contributed by atoms with Gasteiger partial charge in [-0.15, -0.1) is 11.3 Å². The quantitative estimate of drug-likeness (QED) is 0.638. The summed E-state index contributed by atoms with van der Waals surface area (Å²) in [6.45, 7) is 2.14. The van der Waals surface area contributed by atoms with E-state index in [1.165, 1.54) is 10.3 Å². The minimum atomic E-state index is 0.622. The van der Waals surface area contributed by atoms with Gasteiger partial charge in [-0.05, 0) is 23.9 Å². The molecule has 0 aliphatic rings. The SMILES string of the molecule is CCc1cc2ccnc(Cl)c2s1. The van der Waals surface area contributed by atoms with E-state index in [-0.39, 0.29) is 0 Å². The Bertz CT molecular complexity index is 408. The Kier molecular flexibility index (Phi) is 2.03. The second kappa shape index (κ2) is 3.04. The van der Waals surface area contributed by atoms with Gasteiger partial charge >= 0.3 is 0 Å². The summed E-state index contributed by atoms with van der Waals surface area (Å²) in [7, 11) is 0. The molecule has 2 heterocycles. The molecule has 2 aromatic heterocycles. The number of fused-ring (bicyclic) bond motifs is 1. The number of pyridine rings is 1. The summed E-state index contributed by atoms with van der Waals surface area (Å²) in [5.41, 5.74) is 0. The van der Waals surface area contributed by atoms with Crippen molar-refractivity contribution in [2.75, 3.05) is 0 Å². The molecule has 0 saturated heterocycles. The highest BCUT2D eigenvalue weighted by atomic mass is 35.5. The van der Waals surface area contributed by atoms with Gasteiger partial charge < -0.3 is 0 Å². The van der Waals surface area contributed by atoms with Crippen molar-refractivity contribution < 1.29 is 0 Å². The minimum absolute atomic E-state index is 0.622. The predicted molar refractivity (Wildman–Crippen MR) is 54.0 cm³/mol. The molecular formula is C9H8ClNS. The first kappa shape index (κ1) is 8.02. The lowest BCUT2D eigenvalue weighted by Crippen LogP contribution is -1.70. The van der Waals surface area contributed by atoms with Gasteiger partial charge in [0, 0.05) is 11.1 Å². The standard InChI is InChI=1S/C9H8ClNS/c1-2-7-5-6-3-4-11-9(10)8(6)12-7/h3-5H,2H2,1H3. The molecule has 0 fully saturated rings. The molecule has 0 saturated carbocycles. The van der Waals surface area contributed by atoms with Crippen LogP contribution in [-0.2, 0) is 6.42 Å². The maximum absolute atomic E-state index is 5.93. The molecule has 0 bridgehead atoms. The summed E-state index contributed by atoms with van der Waals surface area (Å²) in [5.74, 6) is 0. The van der Waals surface area contributed by atoms with Gasteiger partial charge in [-0.3, -0.25) is 0 Å². The van der Waals surface area contributed by atoms with Crippen molar-refractivity contribution in [2.24, 2.45) is 0 Å². The van der Waals surface area contributed by atoms with Gasteiger partial charge in [0.05, 0.1) is 4.70 Å². The first-order valence-electron chi connectivity index (χ1n) is 3.84. The van der Waals surface area contributed by atoms with Crippen molar-refractivity contribution in [3.05, 3.63) is 28.4 Å². The number of aryl methyl sites for hydroxylation is 1. The monoisotopic (exact) mass is 197 g/mol. The van der Waals surface area contributed by atoms with Crippen LogP contribution in [0.2, 0.25) is 5.15 Å². The minimum Gasteiger partial charge on any atom is -0.243 e. The Labute approximate surface area is 80.0 Å². The number of hydrogen-bond donors (Lipinski definition) is 0. The first-order valence-corrected chi connectivity index (χ1v) is 5.03. The normalized spacial score (nSPS) is 10.8. The van der Waals surface area contributed by atoms with Crippen LogP contribution < -0.4 is 0 Å². The Morgan fingerprint density at radius 1 is 1.58 bits per heavy atom. The number of halogens is 1. The lowest BCUT2D eigenvalue weighted by atomic mass is 10.3. The molecule has 62 valence electrons. The van der Waals surface area contributed by atoms with Crippen LogP contribution in [0.5, 0.6) is 0 Å². The van der Waals surface area contributed by atoms with Crippen LogP contribution in [0.4, 0.5) is 0 Å². The van der Waals surface area contributed by atoms with E-state index in [2.05, 4.69) is 18.0 Å². The number of rotatable bonds is 1. The van der Waals surface area contributed by atoms with Crippen LogP contribution in [0.3, 0.4) is 0 Å². The van der Waals surface area contributed by atoms with E-state index in [4.69, 9.17) is 11.6 Å². The Balaban J connectivity index is 2.74. The molecule has 0 amide bonds. The van der Waals surface area contributed by atoms with Crippen LogP contribution in [0.15, 0.2) is 18.3 Å². The fraction of sp³-hybridized carbons (Fsp3) is 0.222. The van der Waals surface area contributed by atoms with E-state index in [1.54, 1.807) is 17.5 Å². The Morgan fingerprint density at radius 3 is 3.08 bits per heavy atom. The lowest BCUT2D eigenvalue weighted by molar-refractivity contribution is 1.19. The van der Waals surface area contributed by atoms with E-state index >= 15 is 0 Å². The molecule has 2 aromatic rings. The van der Waals surface area contributed by atoms with Gasteiger partial charge in [0.15, 0.2) is 0 Å². The van der Waals surface area contributed by atoms with Crippen molar-refractivity contribution in [1.82, 2.24) is 4.98 Å². The van der Waals surface area contributed by atoms with E-state index in [0.717, 1.165) is 11.1 Å². The van der Waals surface area contributed by atoms with Crippen LogP contribution in [0.25, 0.3) is 10.1 Å². The summed E-state index contributed by atoms with van der Waals surface area (Å²) in [6.07, 6.45) is 2.81. The fourth-order valence-corrected chi connectivity index (χ4v) is 2.41. The van der Waals surface area contributed by atoms with Crippen LogP contribution >= 0.6 is 22.9 Å². The van der Waals surface area contributed by atoms with Crippen molar-refractivity contribution in [3.8, 4) is 0 Å². The molecule has 0 spiro atoms. The molecule has 0 radical (unpaired) electrons. The predicted octanol–water partition coefficient (Wildman–Crippen LogP) is 3.51. The van der Waals surface area contributed by atoms with Gasteiger partial charge in [-0.2, -0.15) is 0 Å². The van der Waals surface area contributed by atoms with Crippen molar-refractivity contribution in [3.63, 3.8) is 0 Å². The van der Waals surface area contributed by atoms with Gasteiger partial charge in [0.1, 0.15) is 5.15 Å². The highest BCUT2D eigenvalue weighted by Gasteiger charge is 2.03. The summed E-state index contributed by atoms with van der Waals surface area (Å²) in [4.78, 5) is 5.39. The summed E-state index contributed by atoms with van der Waals surface area (Å²) in [5, 5.41) is 1.83. The van der Waals surface area contributed by atoms with E-state index in [9.17, 15) is 0 Å². The highest BCUT2D eigenvalue weighted by molar-refractivity contribution is 7.19. The Morgan fingerprint density at radius 2 is 2.42 bits per heavy atom. The summed E-state index contributed by atoms with van der Waals surface area (Å²) < 4.78 is 1.11. The molecule has 0 unspecified atom stereocenters. The molecule has 12 heavy (non-hydrogen) atoms. The molecule has 0 N–H and O–H groups in total. The molecule has 0 aliphatic heterocycles.